The van der Waals surface area contributed by atoms with Crippen molar-refractivity contribution in [3.63, 3.8) is 0 Å². The summed E-state index contributed by atoms with van der Waals surface area (Å²) in [5.74, 6) is 0. The number of sulfonamides is 1. The van der Waals surface area contributed by atoms with E-state index in [-0.39, 0.29) is 10.9 Å². The second kappa shape index (κ2) is 8.10. The summed E-state index contributed by atoms with van der Waals surface area (Å²) in [4.78, 5) is 2.15. The first-order chi connectivity index (χ1) is 9.77. The Morgan fingerprint density at radius 1 is 1.33 bits per heavy atom. The molecule has 5 nitrogen and oxygen atoms in total. The summed E-state index contributed by atoms with van der Waals surface area (Å²) in [6.07, 6.45) is 0. The van der Waals surface area contributed by atoms with E-state index >= 15 is 0 Å². The maximum atomic E-state index is 12.2. The summed E-state index contributed by atoms with van der Waals surface area (Å²) in [6, 6.07) is 4.94. The molecule has 0 fully saturated rings. The smallest absolute Gasteiger partial charge is 0.240 e. The Labute approximate surface area is 132 Å². The van der Waals surface area contributed by atoms with Crippen molar-refractivity contribution in [3.05, 3.63) is 28.8 Å². The van der Waals surface area contributed by atoms with Crippen molar-refractivity contribution in [2.24, 2.45) is 0 Å². The van der Waals surface area contributed by atoms with Gasteiger partial charge < -0.3 is 10.2 Å². The highest BCUT2D eigenvalue weighted by Gasteiger charge is 2.17. The van der Waals surface area contributed by atoms with E-state index in [4.69, 9.17) is 11.6 Å². The van der Waals surface area contributed by atoms with Gasteiger partial charge in [0.05, 0.1) is 4.90 Å². The molecule has 0 spiro atoms. The third kappa shape index (κ3) is 5.56. The van der Waals surface area contributed by atoms with Gasteiger partial charge in [-0.25, -0.2) is 13.1 Å². The van der Waals surface area contributed by atoms with Gasteiger partial charge in [0.2, 0.25) is 10.0 Å². The molecule has 0 aromatic heterocycles. The van der Waals surface area contributed by atoms with Gasteiger partial charge in [-0.05, 0) is 45.3 Å². The average molecular weight is 334 g/mol. The van der Waals surface area contributed by atoms with E-state index in [1.807, 2.05) is 32.8 Å². The molecular formula is C14H24ClN3O2S. The Morgan fingerprint density at radius 3 is 2.52 bits per heavy atom. The van der Waals surface area contributed by atoms with Gasteiger partial charge in [-0.2, -0.15) is 0 Å². The van der Waals surface area contributed by atoms with E-state index in [1.54, 1.807) is 12.1 Å². The van der Waals surface area contributed by atoms with Gasteiger partial charge in [-0.1, -0.05) is 24.6 Å². The first-order valence-corrected chi connectivity index (χ1v) is 8.79. The van der Waals surface area contributed by atoms with E-state index in [9.17, 15) is 8.42 Å². The number of nitrogens with zero attached hydrogens (tertiary/aromatic N) is 1. The molecule has 7 heteroatoms. The molecule has 1 aromatic rings. The van der Waals surface area contributed by atoms with Crippen LogP contribution in [0.2, 0.25) is 5.02 Å². The lowest BCUT2D eigenvalue weighted by Gasteiger charge is -2.20. The van der Waals surface area contributed by atoms with Crippen molar-refractivity contribution in [2.45, 2.75) is 31.3 Å². The summed E-state index contributed by atoms with van der Waals surface area (Å²) < 4.78 is 27.1. The van der Waals surface area contributed by atoms with Crippen molar-refractivity contribution in [2.75, 3.05) is 27.2 Å². The number of nitrogens with one attached hydrogen (secondary N) is 2. The Hall–Kier alpha value is -0.660. The molecule has 1 unspecified atom stereocenters. The zero-order chi connectivity index (χ0) is 16.0. The van der Waals surface area contributed by atoms with Crippen LogP contribution in [0.3, 0.4) is 0 Å². The van der Waals surface area contributed by atoms with E-state index in [0.717, 1.165) is 12.1 Å². The molecule has 21 heavy (non-hydrogen) atoms. The quantitative estimate of drug-likeness (QED) is 0.760. The molecule has 1 aromatic carbocycles. The normalized spacial score (nSPS) is 13.6. The number of hydrogen-bond acceptors (Lipinski definition) is 4. The summed E-state index contributed by atoms with van der Waals surface area (Å²) in [5, 5.41) is 3.62. The predicted molar refractivity (Wildman–Crippen MR) is 87.2 cm³/mol. The third-order valence-corrected chi connectivity index (χ3v) is 5.12. The van der Waals surface area contributed by atoms with Crippen molar-refractivity contribution >= 4 is 21.6 Å². The molecule has 1 rings (SSSR count). The van der Waals surface area contributed by atoms with Gasteiger partial charge in [0.15, 0.2) is 0 Å². The van der Waals surface area contributed by atoms with E-state index in [2.05, 4.69) is 10.0 Å². The second-order valence-corrected chi connectivity index (χ2v) is 7.37. The number of halogens is 1. The highest BCUT2D eigenvalue weighted by atomic mass is 35.5. The summed E-state index contributed by atoms with van der Waals surface area (Å²) in [7, 11) is 0.286. The molecule has 0 aliphatic rings. The zero-order valence-corrected chi connectivity index (χ0v) is 14.6. The third-order valence-electron chi connectivity index (χ3n) is 3.35. The van der Waals surface area contributed by atoms with Crippen molar-refractivity contribution in [1.82, 2.24) is 14.9 Å². The topological polar surface area (TPSA) is 61.4 Å². The highest BCUT2D eigenvalue weighted by molar-refractivity contribution is 7.89. The molecule has 0 radical (unpaired) electrons. The zero-order valence-electron chi connectivity index (χ0n) is 13.0. The SMILES string of the molecule is CCNCc1ccc(S(=O)(=O)NCC(C)N(C)C)cc1Cl. The second-order valence-electron chi connectivity index (χ2n) is 5.20. The van der Waals surface area contributed by atoms with Crippen LogP contribution in [0.15, 0.2) is 23.1 Å². The van der Waals surface area contributed by atoms with Crippen LogP contribution in [0.1, 0.15) is 19.4 Å². The van der Waals surface area contributed by atoms with E-state index in [0.29, 0.717) is 18.1 Å². The van der Waals surface area contributed by atoms with Gasteiger partial charge in [0.1, 0.15) is 0 Å². The Bertz CT molecular complexity index is 561. The van der Waals surface area contributed by atoms with E-state index < -0.39 is 10.0 Å². The van der Waals surface area contributed by atoms with Crippen LogP contribution in [0.4, 0.5) is 0 Å². The van der Waals surface area contributed by atoms with E-state index in [1.165, 1.54) is 6.07 Å². The maximum Gasteiger partial charge on any atom is 0.240 e. The molecule has 0 aliphatic heterocycles. The molecule has 0 saturated heterocycles. The van der Waals surface area contributed by atoms with Crippen LogP contribution in [0.5, 0.6) is 0 Å². The maximum absolute atomic E-state index is 12.2. The Morgan fingerprint density at radius 2 is 2.00 bits per heavy atom. The highest BCUT2D eigenvalue weighted by Crippen LogP contribution is 2.20. The molecule has 0 bridgehead atoms. The number of benzene rings is 1. The summed E-state index contributed by atoms with van der Waals surface area (Å²) in [6.45, 7) is 5.77. The lowest BCUT2D eigenvalue weighted by molar-refractivity contribution is 0.314. The van der Waals surface area contributed by atoms with Crippen LogP contribution >= 0.6 is 11.6 Å². The molecule has 1 atom stereocenters. The lowest BCUT2D eigenvalue weighted by atomic mass is 10.2. The number of rotatable bonds is 8. The first kappa shape index (κ1) is 18.4. The van der Waals surface area contributed by atoms with Gasteiger partial charge in [0.25, 0.3) is 0 Å². The van der Waals surface area contributed by atoms with Crippen LogP contribution in [-0.4, -0.2) is 46.5 Å². The molecule has 0 saturated carbocycles. The van der Waals surface area contributed by atoms with Gasteiger partial charge in [-0.3, -0.25) is 0 Å². The molecule has 0 amide bonds. The molecule has 0 aliphatic carbocycles. The fourth-order valence-corrected chi connectivity index (χ4v) is 3.05. The van der Waals surface area contributed by atoms with Gasteiger partial charge >= 0.3 is 0 Å². The number of likely N-dealkylation sites (N-methyl/N-ethyl adjacent to an activating group) is 1. The van der Waals surface area contributed by atoms with Crippen LogP contribution in [0.25, 0.3) is 0 Å². The number of hydrogen-bond donors (Lipinski definition) is 2. The van der Waals surface area contributed by atoms with Crippen molar-refractivity contribution in [1.29, 1.82) is 0 Å². The largest absolute Gasteiger partial charge is 0.313 e. The van der Waals surface area contributed by atoms with Crippen LogP contribution in [0, 0.1) is 0 Å². The summed E-state index contributed by atoms with van der Waals surface area (Å²) in [5.41, 5.74) is 0.888. The van der Waals surface area contributed by atoms with Gasteiger partial charge in [-0.15, -0.1) is 0 Å². The molecular weight excluding hydrogens is 310 g/mol. The average Bonchev–Trinajstić information content (AvgIpc) is 2.43. The molecule has 2 N–H and O–H groups in total. The standard InChI is InChI=1S/C14H24ClN3O2S/c1-5-16-10-12-6-7-13(8-14(12)15)21(19,20)17-9-11(2)18(3)4/h6-8,11,16-17H,5,9-10H2,1-4H3. The monoisotopic (exact) mass is 333 g/mol. The van der Waals surface area contributed by atoms with Crippen molar-refractivity contribution in [3.8, 4) is 0 Å². The summed E-state index contributed by atoms with van der Waals surface area (Å²) >= 11 is 6.14. The van der Waals surface area contributed by atoms with Crippen LogP contribution < -0.4 is 10.0 Å². The lowest BCUT2D eigenvalue weighted by Crippen LogP contribution is -2.38. The van der Waals surface area contributed by atoms with Gasteiger partial charge in [0, 0.05) is 24.2 Å². The van der Waals surface area contributed by atoms with Crippen molar-refractivity contribution < 1.29 is 8.42 Å². The predicted octanol–water partition coefficient (Wildman–Crippen LogP) is 1.68. The Balaban J connectivity index is 2.82. The molecule has 120 valence electrons. The molecule has 0 heterocycles. The van der Waals surface area contributed by atoms with Crippen LogP contribution in [-0.2, 0) is 16.6 Å². The Kier molecular flexibility index (Phi) is 7.09. The fourth-order valence-electron chi connectivity index (χ4n) is 1.59. The minimum absolute atomic E-state index is 0.114. The first-order valence-electron chi connectivity index (χ1n) is 6.93. The fraction of sp³-hybridized carbons (Fsp3) is 0.571. The minimum atomic E-state index is -3.53. The minimum Gasteiger partial charge on any atom is -0.313 e.